The average Bonchev–Trinajstić information content (AvgIpc) is 2.81. The molecule has 0 saturated carbocycles. The van der Waals surface area contributed by atoms with Crippen LogP contribution in [0.4, 0.5) is 0 Å². The summed E-state index contributed by atoms with van der Waals surface area (Å²) in [5.41, 5.74) is 3.29. The predicted molar refractivity (Wildman–Crippen MR) is 75.4 cm³/mol. The summed E-state index contributed by atoms with van der Waals surface area (Å²) < 4.78 is 5.94. The zero-order valence-corrected chi connectivity index (χ0v) is 10.7. The highest BCUT2D eigenvalue weighted by molar-refractivity contribution is 5.95. The van der Waals surface area contributed by atoms with Gasteiger partial charge in [0.25, 0.3) is 0 Å². The maximum Gasteiger partial charge on any atom is 0.166 e. The van der Waals surface area contributed by atoms with Gasteiger partial charge in [-0.1, -0.05) is 30.3 Å². The molecule has 0 fully saturated rings. The summed E-state index contributed by atoms with van der Waals surface area (Å²) in [7, 11) is 0. The van der Waals surface area contributed by atoms with Gasteiger partial charge in [-0.2, -0.15) is 10.4 Å². The Morgan fingerprint density at radius 2 is 2.10 bits per heavy atom. The SMILES string of the molecule is N#Cc1n[nH]c2c1CCOc1c-2ccc2ccccc12. The first-order valence-electron chi connectivity index (χ1n) is 6.51. The largest absolute Gasteiger partial charge is 0.492 e. The molecule has 1 aromatic heterocycles. The quantitative estimate of drug-likeness (QED) is 0.676. The Kier molecular flexibility index (Phi) is 2.27. The van der Waals surface area contributed by atoms with E-state index in [-0.39, 0.29) is 0 Å². The van der Waals surface area contributed by atoms with E-state index in [2.05, 4.69) is 34.5 Å². The Balaban J connectivity index is 2.06. The molecule has 1 N–H and O–H groups in total. The molecule has 0 spiro atoms. The van der Waals surface area contributed by atoms with Gasteiger partial charge in [0.2, 0.25) is 0 Å². The third kappa shape index (κ3) is 1.44. The zero-order valence-electron chi connectivity index (χ0n) is 10.7. The topological polar surface area (TPSA) is 61.7 Å². The van der Waals surface area contributed by atoms with Gasteiger partial charge in [0, 0.05) is 22.9 Å². The summed E-state index contributed by atoms with van der Waals surface area (Å²) in [6, 6.07) is 14.4. The van der Waals surface area contributed by atoms with Crippen LogP contribution in [0.2, 0.25) is 0 Å². The second-order valence-electron chi connectivity index (χ2n) is 4.80. The molecule has 0 atom stereocenters. The van der Waals surface area contributed by atoms with Gasteiger partial charge in [-0.15, -0.1) is 0 Å². The molecule has 2 heterocycles. The molecule has 3 aromatic rings. The zero-order chi connectivity index (χ0) is 13.5. The van der Waals surface area contributed by atoms with Crippen LogP contribution in [0, 0.1) is 11.3 Å². The Labute approximate surface area is 115 Å². The maximum absolute atomic E-state index is 9.12. The van der Waals surface area contributed by atoms with Crippen LogP contribution in [0.5, 0.6) is 5.75 Å². The monoisotopic (exact) mass is 261 g/mol. The molecule has 1 aliphatic heterocycles. The van der Waals surface area contributed by atoms with Crippen molar-refractivity contribution in [3.05, 3.63) is 47.7 Å². The van der Waals surface area contributed by atoms with E-state index in [4.69, 9.17) is 10.00 Å². The number of benzene rings is 2. The molecular formula is C16H11N3O. The van der Waals surface area contributed by atoms with Crippen LogP contribution in [0.15, 0.2) is 36.4 Å². The molecule has 0 radical (unpaired) electrons. The lowest BCUT2D eigenvalue weighted by Crippen LogP contribution is -2.00. The van der Waals surface area contributed by atoms with Crippen molar-refractivity contribution in [2.75, 3.05) is 6.61 Å². The van der Waals surface area contributed by atoms with Crippen molar-refractivity contribution in [2.45, 2.75) is 6.42 Å². The molecule has 0 unspecified atom stereocenters. The van der Waals surface area contributed by atoms with E-state index < -0.39 is 0 Å². The van der Waals surface area contributed by atoms with E-state index in [0.29, 0.717) is 18.7 Å². The maximum atomic E-state index is 9.12. The number of hydrogen-bond donors (Lipinski definition) is 1. The molecule has 4 nitrogen and oxygen atoms in total. The highest BCUT2D eigenvalue weighted by Crippen LogP contribution is 2.39. The van der Waals surface area contributed by atoms with Gasteiger partial charge in [0.05, 0.1) is 12.3 Å². The van der Waals surface area contributed by atoms with E-state index >= 15 is 0 Å². The number of rotatable bonds is 0. The second kappa shape index (κ2) is 4.10. The van der Waals surface area contributed by atoms with Crippen molar-refractivity contribution in [1.82, 2.24) is 10.2 Å². The molecular weight excluding hydrogens is 250 g/mol. The smallest absolute Gasteiger partial charge is 0.166 e. The van der Waals surface area contributed by atoms with Crippen LogP contribution in [0.1, 0.15) is 11.3 Å². The third-order valence-corrected chi connectivity index (χ3v) is 3.72. The fourth-order valence-electron chi connectivity index (χ4n) is 2.77. The van der Waals surface area contributed by atoms with Crippen molar-refractivity contribution in [1.29, 1.82) is 5.26 Å². The average molecular weight is 261 g/mol. The summed E-state index contributed by atoms with van der Waals surface area (Å²) in [5, 5.41) is 18.4. The third-order valence-electron chi connectivity index (χ3n) is 3.72. The van der Waals surface area contributed by atoms with E-state index in [1.807, 2.05) is 18.2 Å². The normalized spacial score (nSPS) is 12.9. The van der Waals surface area contributed by atoms with E-state index in [1.165, 1.54) is 0 Å². The van der Waals surface area contributed by atoms with Crippen LogP contribution < -0.4 is 4.74 Å². The Morgan fingerprint density at radius 3 is 3.00 bits per heavy atom. The van der Waals surface area contributed by atoms with Crippen molar-refractivity contribution in [2.24, 2.45) is 0 Å². The Morgan fingerprint density at radius 1 is 1.20 bits per heavy atom. The molecule has 0 saturated heterocycles. The minimum absolute atomic E-state index is 0.463. The van der Waals surface area contributed by atoms with E-state index in [1.54, 1.807) is 0 Å². The number of nitriles is 1. The highest BCUT2D eigenvalue weighted by atomic mass is 16.5. The Bertz CT molecular complexity index is 858. The lowest BCUT2D eigenvalue weighted by molar-refractivity contribution is 0.330. The molecule has 2 aromatic carbocycles. The fourth-order valence-corrected chi connectivity index (χ4v) is 2.77. The number of H-pyrrole nitrogens is 1. The second-order valence-corrected chi connectivity index (χ2v) is 4.80. The first-order chi connectivity index (χ1) is 9.88. The van der Waals surface area contributed by atoms with Gasteiger partial charge >= 0.3 is 0 Å². The number of nitrogens with one attached hydrogen (secondary N) is 1. The van der Waals surface area contributed by atoms with Gasteiger partial charge < -0.3 is 4.74 Å². The molecule has 0 aliphatic carbocycles. The molecule has 0 amide bonds. The summed E-state index contributed by atoms with van der Waals surface area (Å²) in [4.78, 5) is 0. The van der Waals surface area contributed by atoms with Gasteiger partial charge in [-0.05, 0) is 11.5 Å². The number of nitrogens with zero attached hydrogens (tertiary/aromatic N) is 2. The van der Waals surface area contributed by atoms with Crippen LogP contribution in [-0.2, 0) is 6.42 Å². The summed E-state index contributed by atoms with van der Waals surface area (Å²) in [6.45, 7) is 0.558. The van der Waals surface area contributed by atoms with Crippen molar-refractivity contribution < 1.29 is 4.74 Å². The highest BCUT2D eigenvalue weighted by Gasteiger charge is 2.22. The van der Waals surface area contributed by atoms with Crippen LogP contribution in [0.3, 0.4) is 0 Å². The molecule has 0 bridgehead atoms. The van der Waals surface area contributed by atoms with Crippen molar-refractivity contribution >= 4 is 10.8 Å². The molecule has 20 heavy (non-hydrogen) atoms. The minimum Gasteiger partial charge on any atom is -0.492 e. The summed E-state index contributed by atoms with van der Waals surface area (Å²) in [6.07, 6.45) is 0.692. The van der Waals surface area contributed by atoms with Gasteiger partial charge in [0.1, 0.15) is 11.8 Å². The first-order valence-corrected chi connectivity index (χ1v) is 6.51. The molecule has 96 valence electrons. The number of hydrogen-bond acceptors (Lipinski definition) is 3. The van der Waals surface area contributed by atoms with Gasteiger partial charge in [-0.3, -0.25) is 5.10 Å². The lowest BCUT2D eigenvalue weighted by Gasteiger charge is -2.10. The van der Waals surface area contributed by atoms with Gasteiger partial charge in [0.15, 0.2) is 5.69 Å². The number of aromatic nitrogens is 2. The molecule has 1 aliphatic rings. The van der Waals surface area contributed by atoms with E-state index in [0.717, 1.165) is 33.3 Å². The van der Waals surface area contributed by atoms with Crippen molar-refractivity contribution in [3.8, 4) is 23.1 Å². The van der Waals surface area contributed by atoms with Crippen LogP contribution in [-0.4, -0.2) is 16.8 Å². The fraction of sp³-hybridized carbons (Fsp3) is 0.125. The van der Waals surface area contributed by atoms with Crippen LogP contribution >= 0.6 is 0 Å². The summed E-state index contributed by atoms with van der Waals surface area (Å²) in [5.74, 6) is 0.870. The Hall–Kier alpha value is -2.80. The summed E-state index contributed by atoms with van der Waals surface area (Å²) >= 11 is 0. The number of fused-ring (bicyclic) bond motifs is 5. The lowest BCUT2D eigenvalue weighted by atomic mass is 10.0. The van der Waals surface area contributed by atoms with Crippen molar-refractivity contribution in [3.63, 3.8) is 0 Å². The first kappa shape index (κ1) is 11.1. The predicted octanol–water partition coefficient (Wildman–Crippen LogP) is 3.04. The van der Waals surface area contributed by atoms with Crippen LogP contribution in [0.25, 0.3) is 22.0 Å². The number of ether oxygens (including phenoxy) is 1. The number of aromatic amines is 1. The standard InChI is InChI=1S/C16H11N3O/c17-9-14-12-7-8-20-16-11-4-2-1-3-10(11)5-6-13(16)15(12)19-18-14/h1-6H,7-8H2,(H,18,19). The van der Waals surface area contributed by atoms with Gasteiger partial charge in [-0.25, -0.2) is 0 Å². The van der Waals surface area contributed by atoms with E-state index in [9.17, 15) is 0 Å². The molecule has 4 rings (SSSR count). The molecule has 4 heteroatoms. The minimum atomic E-state index is 0.463.